The van der Waals surface area contributed by atoms with Crippen molar-refractivity contribution in [1.29, 1.82) is 0 Å². The zero-order valence-corrected chi connectivity index (χ0v) is 12.7. The van der Waals surface area contributed by atoms with E-state index in [1.54, 1.807) is 0 Å². The van der Waals surface area contributed by atoms with Gasteiger partial charge in [0.1, 0.15) is 5.82 Å². The van der Waals surface area contributed by atoms with Gasteiger partial charge in [0.05, 0.1) is 0 Å². The Morgan fingerprint density at radius 1 is 1.19 bits per heavy atom. The highest BCUT2D eigenvalue weighted by atomic mass is 15.2. The van der Waals surface area contributed by atoms with Gasteiger partial charge in [-0.1, -0.05) is 24.3 Å². The summed E-state index contributed by atoms with van der Waals surface area (Å²) in [6.07, 6.45) is 7.30. The molecule has 1 aromatic heterocycles. The molecule has 1 unspecified atom stereocenters. The van der Waals surface area contributed by atoms with E-state index in [1.807, 2.05) is 0 Å². The van der Waals surface area contributed by atoms with Gasteiger partial charge in [-0.25, -0.2) is 4.98 Å². The number of nitrogens with one attached hydrogen (secondary N) is 1. The SMILES string of the molecule is CC1CCCN1c1ncc(CNC2CC2)c2ccccc12. The van der Waals surface area contributed by atoms with Gasteiger partial charge < -0.3 is 10.2 Å². The second kappa shape index (κ2) is 5.30. The lowest BCUT2D eigenvalue weighted by Crippen LogP contribution is -2.27. The molecule has 0 bridgehead atoms. The number of hydrogen-bond acceptors (Lipinski definition) is 3. The summed E-state index contributed by atoms with van der Waals surface area (Å²) in [5, 5.41) is 6.27. The van der Waals surface area contributed by atoms with Crippen molar-refractivity contribution in [2.45, 2.75) is 51.2 Å². The first-order valence-electron chi connectivity index (χ1n) is 8.19. The summed E-state index contributed by atoms with van der Waals surface area (Å²) in [6, 6.07) is 10.1. The van der Waals surface area contributed by atoms with Gasteiger partial charge in [0, 0.05) is 36.8 Å². The normalized spacial score (nSPS) is 22.1. The molecule has 0 amide bonds. The summed E-state index contributed by atoms with van der Waals surface area (Å²) >= 11 is 0. The van der Waals surface area contributed by atoms with Crippen LogP contribution in [0.15, 0.2) is 30.5 Å². The van der Waals surface area contributed by atoms with E-state index in [9.17, 15) is 0 Å². The van der Waals surface area contributed by atoms with Crippen LogP contribution in [0.5, 0.6) is 0 Å². The number of fused-ring (bicyclic) bond motifs is 1. The van der Waals surface area contributed by atoms with Gasteiger partial charge in [-0.05, 0) is 43.6 Å². The molecule has 2 fully saturated rings. The van der Waals surface area contributed by atoms with Crippen molar-refractivity contribution >= 4 is 16.6 Å². The number of aromatic nitrogens is 1. The van der Waals surface area contributed by atoms with Crippen molar-refractivity contribution < 1.29 is 0 Å². The third-order valence-corrected chi connectivity index (χ3v) is 4.84. The topological polar surface area (TPSA) is 28.2 Å². The van der Waals surface area contributed by atoms with Gasteiger partial charge in [0.25, 0.3) is 0 Å². The quantitative estimate of drug-likeness (QED) is 0.930. The van der Waals surface area contributed by atoms with Gasteiger partial charge >= 0.3 is 0 Å². The van der Waals surface area contributed by atoms with Gasteiger partial charge in [0.15, 0.2) is 0 Å². The van der Waals surface area contributed by atoms with Crippen molar-refractivity contribution in [3.63, 3.8) is 0 Å². The van der Waals surface area contributed by atoms with Crippen LogP contribution in [0, 0.1) is 0 Å². The Kier molecular flexibility index (Phi) is 3.30. The molecule has 1 saturated heterocycles. The fraction of sp³-hybridized carbons (Fsp3) is 0.500. The third-order valence-electron chi connectivity index (χ3n) is 4.84. The number of rotatable bonds is 4. The summed E-state index contributed by atoms with van der Waals surface area (Å²) in [5.74, 6) is 1.17. The van der Waals surface area contributed by atoms with E-state index >= 15 is 0 Å². The van der Waals surface area contributed by atoms with Crippen LogP contribution in [0.25, 0.3) is 10.8 Å². The molecule has 1 aliphatic heterocycles. The first-order valence-corrected chi connectivity index (χ1v) is 8.19. The fourth-order valence-corrected chi connectivity index (χ4v) is 3.40. The minimum Gasteiger partial charge on any atom is -0.353 e. The molecule has 1 aromatic carbocycles. The minimum absolute atomic E-state index is 0.608. The number of anilines is 1. The summed E-state index contributed by atoms with van der Waals surface area (Å²) in [4.78, 5) is 7.30. The largest absolute Gasteiger partial charge is 0.353 e. The van der Waals surface area contributed by atoms with Gasteiger partial charge in [-0.15, -0.1) is 0 Å². The summed E-state index contributed by atoms with van der Waals surface area (Å²) in [5.41, 5.74) is 1.33. The van der Waals surface area contributed by atoms with Crippen LogP contribution in [-0.4, -0.2) is 23.6 Å². The van der Waals surface area contributed by atoms with E-state index in [4.69, 9.17) is 4.98 Å². The lowest BCUT2D eigenvalue weighted by molar-refractivity contribution is 0.688. The molecule has 1 N–H and O–H groups in total. The maximum absolute atomic E-state index is 4.82. The molecule has 2 aliphatic rings. The predicted octanol–water partition coefficient (Wildman–Crippen LogP) is 3.48. The molecule has 4 rings (SSSR count). The van der Waals surface area contributed by atoms with Crippen molar-refractivity contribution in [2.75, 3.05) is 11.4 Å². The first kappa shape index (κ1) is 13.1. The molecular weight excluding hydrogens is 258 g/mol. The van der Waals surface area contributed by atoms with Crippen LogP contribution in [-0.2, 0) is 6.54 Å². The van der Waals surface area contributed by atoms with E-state index in [-0.39, 0.29) is 0 Å². The molecule has 1 saturated carbocycles. The Hall–Kier alpha value is -1.61. The summed E-state index contributed by atoms with van der Waals surface area (Å²) in [7, 11) is 0. The monoisotopic (exact) mass is 281 g/mol. The van der Waals surface area contributed by atoms with Crippen molar-refractivity contribution in [1.82, 2.24) is 10.3 Å². The average Bonchev–Trinajstić information content (AvgIpc) is 3.25. The minimum atomic E-state index is 0.608. The summed E-state index contributed by atoms with van der Waals surface area (Å²) < 4.78 is 0. The molecule has 2 heterocycles. The highest BCUT2D eigenvalue weighted by molar-refractivity contribution is 5.94. The van der Waals surface area contributed by atoms with Crippen molar-refractivity contribution in [3.05, 3.63) is 36.0 Å². The smallest absolute Gasteiger partial charge is 0.136 e. The Morgan fingerprint density at radius 2 is 2.00 bits per heavy atom. The second-order valence-corrected chi connectivity index (χ2v) is 6.49. The zero-order valence-electron chi connectivity index (χ0n) is 12.7. The van der Waals surface area contributed by atoms with Crippen molar-refractivity contribution in [3.8, 4) is 0 Å². The Balaban J connectivity index is 1.73. The number of pyridine rings is 1. The van der Waals surface area contributed by atoms with E-state index in [2.05, 4.69) is 47.6 Å². The molecule has 110 valence electrons. The molecule has 3 nitrogen and oxygen atoms in total. The second-order valence-electron chi connectivity index (χ2n) is 6.49. The van der Waals surface area contributed by atoms with Crippen LogP contribution < -0.4 is 10.2 Å². The van der Waals surface area contributed by atoms with Crippen LogP contribution in [0.1, 0.15) is 38.2 Å². The third kappa shape index (κ3) is 2.51. The van der Waals surface area contributed by atoms with Crippen molar-refractivity contribution in [2.24, 2.45) is 0 Å². The molecule has 1 aliphatic carbocycles. The lowest BCUT2D eigenvalue weighted by Gasteiger charge is -2.24. The molecule has 3 heteroatoms. The number of hydrogen-bond donors (Lipinski definition) is 1. The predicted molar refractivity (Wildman–Crippen MR) is 87.6 cm³/mol. The van der Waals surface area contributed by atoms with Gasteiger partial charge in [-0.2, -0.15) is 0 Å². The standard InChI is InChI=1S/C18H23N3/c1-13-5-4-10-21(13)18-17-7-3-2-6-16(17)14(12-20-18)11-19-15-8-9-15/h2-3,6-7,12-13,15,19H,4-5,8-11H2,1H3. The number of nitrogens with zero attached hydrogens (tertiary/aromatic N) is 2. The van der Waals surface area contributed by atoms with E-state index in [0.29, 0.717) is 6.04 Å². The first-order chi connectivity index (χ1) is 10.3. The molecule has 21 heavy (non-hydrogen) atoms. The Labute approximate surface area is 126 Å². The average molecular weight is 281 g/mol. The van der Waals surface area contributed by atoms with Gasteiger partial charge in [0.2, 0.25) is 0 Å². The maximum atomic E-state index is 4.82. The molecule has 2 aromatic rings. The van der Waals surface area contributed by atoms with Crippen LogP contribution >= 0.6 is 0 Å². The molecular formula is C18H23N3. The number of benzene rings is 1. The van der Waals surface area contributed by atoms with Crippen LogP contribution in [0.2, 0.25) is 0 Å². The highest BCUT2D eigenvalue weighted by Crippen LogP contribution is 2.32. The van der Waals surface area contributed by atoms with E-state index in [0.717, 1.165) is 19.1 Å². The maximum Gasteiger partial charge on any atom is 0.136 e. The van der Waals surface area contributed by atoms with E-state index < -0.39 is 0 Å². The van der Waals surface area contributed by atoms with Crippen LogP contribution in [0.4, 0.5) is 5.82 Å². The Bertz CT molecular complexity index is 648. The molecule has 0 radical (unpaired) electrons. The van der Waals surface area contributed by atoms with E-state index in [1.165, 1.54) is 47.8 Å². The Morgan fingerprint density at radius 3 is 2.71 bits per heavy atom. The highest BCUT2D eigenvalue weighted by Gasteiger charge is 2.24. The molecule has 0 spiro atoms. The summed E-state index contributed by atoms with van der Waals surface area (Å²) in [6.45, 7) is 4.39. The van der Waals surface area contributed by atoms with Crippen LogP contribution in [0.3, 0.4) is 0 Å². The molecule has 1 atom stereocenters. The fourth-order valence-electron chi connectivity index (χ4n) is 3.40. The van der Waals surface area contributed by atoms with Gasteiger partial charge in [-0.3, -0.25) is 0 Å². The lowest BCUT2D eigenvalue weighted by atomic mass is 10.1. The zero-order chi connectivity index (χ0) is 14.2.